The average molecular weight is 186 g/mol. The van der Waals surface area contributed by atoms with Crippen LogP contribution in [0.1, 0.15) is 11.4 Å². The monoisotopic (exact) mass is 186 g/mol. The fraction of sp³-hybridized carbons (Fsp3) is 0.167. The van der Waals surface area contributed by atoms with Crippen molar-refractivity contribution in [1.82, 2.24) is 9.55 Å². The van der Waals surface area contributed by atoms with E-state index in [1.54, 1.807) is 0 Å². The first kappa shape index (κ1) is 9.07. The maximum absolute atomic E-state index is 12.0. The van der Waals surface area contributed by atoms with Gasteiger partial charge in [0, 0.05) is 0 Å². The number of alkyl halides is 3. The molecule has 0 saturated heterocycles. The number of halogens is 3. The van der Waals surface area contributed by atoms with Gasteiger partial charge in [-0.2, -0.15) is 10.5 Å². The lowest BCUT2D eigenvalue weighted by molar-refractivity contribution is -0.204. The van der Waals surface area contributed by atoms with Crippen LogP contribution in [0.2, 0.25) is 0 Å². The second-order valence-electron chi connectivity index (χ2n) is 2.00. The molecule has 0 radical (unpaired) electrons. The summed E-state index contributed by atoms with van der Waals surface area (Å²) in [4.78, 5) is 3.13. The standard InChI is InChI=1S/C6HF3N4/c7-6(8,9)13-3-12-4(1-10)5(13)2-11/h3H. The zero-order valence-electron chi connectivity index (χ0n) is 6.00. The van der Waals surface area contributed by atoms with Gasteiger partial charge >= 0.3 is 6.30 Å². The minimum absolute atomic E-state index is 0.300. The number of nitriles is 2. The Kier molecular flexibility index (Phi) is 1.95. The molecule has 13 heavy (non-hydrogen) atoms. The highest BCUT2D eigenvalue weighted by Gasteiger charge is 2.34. The Labute approximate surface area is 70.4 Å². The van der Waals surface area contributed by atoms with Crippen LogP contribution in [0, 0.1) is 22.7 Å². The highest BCUT2D eigenvalue weighted by Crippen LogP contribution is 2.24. The number of hydrogen-bond donors (Lipinski definition) is 0. The van der Waals surface area contributed by atoms with Crippen LogP contribution in [-0.4, -0.2) is 9.55 Å². The second kappa shape index (κ2) is 2.79. The van der Waals surface area contributed by atoms with Crippen LogP contribution in [0.3, 0.4) is 0 Å². The molecule has 0 spiro atoms. The third-order valence-electron chi connectivity index (χ3n) is 1.25. The molecule has 1 rings (SSSR count). The summed E-state index contributed by atoms with van der Waals surface area (Å²) in [6.45, 7) is 0. The van der Waals surface area contributed by atoms with Gasteiger partial charge in [0.2, 0.25) is 0 Å². The van der Waals surface area contributed by atoms with Crippen molar-refractivity contribution < 1.29 is 13.2 Å². The van der Waals surface area contributed by atoms with Crippen LogP contribution in [-0.2, 0) is 6.30 Å². The summed E-state index contributed by atoms with van der Waals surface area (Å²) in [6, 6.07) is 2.64. The Balaban J connectivity index is 3.37. The molecular weight excluding hydrogens is 185 g/mol. The number of aromatic nitrogens is 2. The summed E-state index contributed by atoms with van der Waals surface area (Å²) in [6.07, 6.45) is -4.32. The topological polar surface area (TPSA) is 65.4 Å². The molecule has 0 aliphatic rings. The van der Waals surface area contributed by atoms with E-state index in [1.807, 2.05) is 0 Å². The summed E-state index contributed by atoms with van der Waals surface area (Å²) in [5.74, 6) is 0. The van der Waals surface area contributed by atoms with Gasteiger partial charge in [-0.05, 0) is 0 Å². The zero-order chi connectivity index (χ0) is 10.1. The van der Waals surface area contributed by atoms with E-state index >= 15 is 0 Å². The smallest absolute Gasteiger partial charge is 0.230 e. The van der Waals surface area contributed by atoms with Gasteiger partial charge in [0.1, 0.15) is 18.5 Å². The first-order chi connectivity index (χ1) is 6.00. The van der Waals surface area contributed by atoms with Crippen LogP contribution < -0.4 is 0 Å². The van der Waals surface area contributed by atoms with Crippen molar-refractivity contribution in [2.75, 3.05) is 0 Å². The highest BCUT2D eigenvalue weighted by atomic mass is 19.4. The SMILES string of the molecule is N#Cc1ncn(C(F)(F)F)c1C#N. The van der Waals surface area contributed by atoms with Crippen molar-refractivity contribution in [2.45, 2.75) is 6.30 Å². The van der Waals surface area contributed by atoms with Gasteiger partial charge in [-0.25, -0.2) is 9.55 Å². The van der Waals surface area contributed by atoms with Gasteiger partial charge in [-0.1, -0.05) is 0 Å². The quantitative estimate of drug-likeness (QED) is 0.609. The molecule has 0 unspecified atom stereocenters. The van der Waals surface area contributed by atoms with Gasteiger partial charge in [0.15, 0.2) is 11.4 Å². The minimum atomic E-state index is -4.72. The van der Waals surface area contributed by atoms with E-state index in [1.165, 1.54) is 12.1 Å². The molecule has 0 aliphatic heterocycles. The lowest BCUT2D eigenvalue weighted by Gasteiger charge is -2.06. The summed E-state index contributed by atoms with van der Waals surface area (Å²) in [5, 5.41) is 16.6. The molecule has 1 heterocycles. The van der Waals surface area contributed by atoms with E-state index in [4.69, 9.17) is 10.5 Å². The molecule has 0 aliphatic carbocycles. The van der Waals surface area contributed by atoms with E-state index in [-0.39, 0.29) is 4.57 Å². The summed E-state index contributed by atoms with van der Waals surface area (Å²) >= 11 is 0. The first-order valence-corrected chi connectivity index (χ1v) is 2.95. The van der Waals surface area contributed by atoms with Crippen LogP contribution in [0.25, 0.3) is 0 Å². The number of nitrogens with zero attached hydrogens (tertiary/aromatic N) is 4. The lowest BCUT2D eigenvalue weighted by Crippen LogP contribution is -2.17. The molecule has 66 valence electrons. The van der Waals surface area contributed by atoms with Gasteiger partial charge in [0.05, 0.1) is 0 Å². The van der Waals surface area contributed by atoms with Gasteiger partial charge in [0.25, 0.3) is 0 Å². The average Bonchev–Trinajstić information content (AvgIpc) is 2.45. The maximum Gasteiger partial charge on any atom is 0.490 e. The molecule has 0 bridgehead atoms. The molecule has 7 heteroatoms. The second-order valence-corrected chi connectivity index (χ2v) is 2.00. The van der Waals surface area contributed by atoms with E-state index < -0.39 is 17.7 Å². The molecule has 0 amide bonds. The molecule has 0 saturated carbocycles. The third kappa shape index (κ3) is 1.44. The molecule has 0 atom stereocenters. The summed E-state index contributed by atoms with van der Waals surface area (Å²) in [7, 11) is 0. The molecule has 0 N–H and O–H groups in total. The molecular formula is C6HF3N4. The minimum Gasteiger partial charge on any atom is -0.230 e. The van der Waals surface area contributed by atoms with Crippen molar-refractivity contribution in [3.8, 4) is 12.1 Å². The maximum atomic E-state index is 12.0. The van der Waals surface area contributed by atoms with Crippen molar-refractivity contribution in [2.24, 2.45) is 0 Å². The Morgan fingerprint density at radius 2 is 1.92 bits per heavy atom. The van der Waals surface area contributed by atoms with E-state index in [0.717, 1.165) is 0 Å². The van der Waals surface area contributed by atoms with E-state index in [2.05, 4.69) is 4.98 Å². The fourth-order valence-corrected chi connectivity index (χ4v) is 0.729. The van der Waals surface area contributed by atoms with Crippen LogP contribution in [0.4, 0.5) is 13.2 Å². The normalized spacial score (nSPS) is 10.5. The predicted molar refractivity (Wildman–Crippen MR) is 33.0 cm³/mol. The third-order valence-corrected chi connectivity index (χ3v) is 1.25. The Morgan fingerprint density at radius 1 is 1.31 bits per heavy atom. The zero-order valence-corrected chi connectivity index (χ0v) is 6.00. The molecule has 0 fully saturated rings. The Bertz CT molecular complexity index is 403. The van der Waals surface area contributed by atoms with Gasteiger partial charge in [-0.3, -0.25) is 0 Å². The van der Waals surface area contributed by atoms with Crippen molar-refractivity contribution in [3.63, 3.8) is 0 Å². The van der Waals surface area contributed by atoms with E-state index in [0.29, 0.717) is 6.33 Å². The van der Waals surface area contributed by atoms with Crippen molar-refractivity contribution >= 4 is 0 Å². The van der Waals surface area contributed by atoms with Crippen molar-refractivity contribution in [3.05, 3.63) is 17.7 Å². The lowest BCUT2D eigenvalue weighted by atomic mass is 10.4. The highest BCUT2D eigenvalue weighted by molar-refractivity contribution is 5.36. The van der Waals surface area contributed by atoms with Gasteiger partial charge in [-0.15, -0.1) is 13.2 Å². The molecule has 1 aromatic rings. The first-order valence-electron chi connectivity index (χ1n) is 2.95. The Hall–Kier alpha value is -2.02. The predicted octanol–water partition coefficient (Wildman–Crippen LogP) is 1.10. The van der Waals surface area contributed by atoms with E-state index in [9.17, 15) is 13.2 Å². The van der Waals surface area contributed by atoms with Crippen molar-refractivity contribution in [1.29, 1.82) is 10.5 Å². The van der Waals surface area contributed by atoms with Crippen LogP contribution in [0.15, 0.2) is 6.33 Å². The molecule has 4 nitrogen and oxygen atoms in total. The largest absolute Gasteiger partial charge is 0.490 e. The molecule has 0 aromatic carbocycles. The van der Waals surface area contributed by atoms with Crippen LogP contribution >= 0.6 is 0 Å². The fourth-order valence-electron chi connectivity index (χ4n) is 0.729. The number of rotatable bonds is 0. The Morgan fingerprint density at radius 3 is 2.31 bits per heavy atom. The molecule has 1 aromatic heterocycles. The summed E-state index contributed by atoms with van der Waals surface area (Å²) in [5.41, 5.74) is -1.32. The number of hydrogen-bond acceptors (Lipinski definition) is 3. The summed E-state index contributed by atoms with van der Waals surface area (Å²) < 4.78 is 35.8. The van der Waals surface area contributed by atoms with Crippen LogP contribution in [0.5, 0.6) is 0 Å². The number of imidazole rings is 1. The van der Waals surface area contributed by atoms with Gasteiger partial charge < -0.3 is 0 Å².